The minimum atomic E-state index is -3.72. The Morgan fingerprint density at radius 1 is 1.03 bits per heavy atom. The Bertz CT molecular complexity index is 1230. The SMILES string of the molecule is O=C1C(N2CCC(c3ccc(Cl)cc3)C2)CCN1c1ccc(S(=O)(=O)Nc2nccs2)cc1. The molecule has 0 saturated carbocycles. The van der Waals surface area contributed by atoms with Gasteiger partial charge in [-0.05, 0) is 67.3 Å². The van der Waals surface area contributed by atoms with Crippen LogP contribution >= 0.6 is 22.9 Å². The van der Waals surface area contributed by atoms with E-state index in [0.717, 1.165) is 31.0 Å². The zero-order chi connectivity index (χ0) is 23.0. The predicted molar refractivity (Wildman–Crippen MR) is 131 cm³/mol. The molecule has 1 N–H and O–H groups in total. The molecular weight excluding hydrogens is 480 g/mol. The van der Waals surface area contributed by atoms with Gasteiger partial charge in [-0.2, -0.15) is 0 Å². The third kappa shape index (κ3) is 4.63. The molecule has 0 spiro atoms. The van der Waals surface area contributed by atoms with E-state index in [-0.39, 0.29) is 16.8 Å². The van der Waals surface area contributed by atoms with Crippen LogP contribution in [0.25, 0.3) is 0 Å². The van der Waals surface area contributed by atoms with Crippen molar-refractivity contribution in [2.24, 2.45) is 0 Å². The van der Waals surface area contributed by atoms with Crippen molar-refractivity contribution in [3.63, 3.8) is 0 Å². The van der Waals surface area contributed by atoms with E-state index in [1.165, 1.54) is 29.0 Å². The first-order chi connectivity index (χ1) is 15.9. The summed E-state index contributed by atoms with van der Waals surface area (Å²) in [5.41, 5.74) is 1.97. The second-order valence-corrected chi connectivity index (χ2v) is 11.3. The molecule has 7 nitrogen and oxygen atoms in total. The van der Waals surface area contributed by atoms with Crippen LogP contribution in [-0.2, 0) is 14.8 Å². The fourth-order valence-electron chi connectivity index (χ4n) is 4.59. The molecule has 5 rings (SSSR count). The molecule has 2 aliphatic rings. The molecule has 2 fully saturated rings. The first-order valence-corrected chi connectivity index (χ1v) is 13.5. The third-order valence-electron chi connectivity index (χ3n) is 6.29. The number of benzene rings is 2. The second-order valence-electron chi connectivity index (χ2n) is 8.26. The van der Waals surface area contributed by atoms with E-state index in [0.29, 0.717) is 23.3 Å². The molecule has 2 aliphatic heterocycles. The number of halogens is 1. The number of anilines is 2. The van der Waals surface area contributed by atoms with Gasteiger partial charge in [0.2, 0.25) is 5.91 Å². The van der Waals surface area contributed by atoms with E-state index in [9.17, 15) is 13.2 Å². The first kappa shape index (κ1) is 22.3. The van der Waals surface area contributed by atoms with Crippen LogP contribution in [-0.4, -0.2) is 49.9 Å². The standard InChI is InChI=1S/C23H23ClN4O3S2/c24-18-3-1-16(2-4-18)17-9-12-27(15-17)21-10-13-28(22(21)29)19-5-7-20(8-6-19)33(30,31)26-23-25-11-14-32-23/h1-8,11,14,17,21H,9-10,12-13,15H2,(H,25,26). The Labute approximate surface area is 202 Å². The molecule has 2 saturated heterocycles. The van der Waals surface area contributed by atoms with Crippen molar-refractivity contribution in [3.05, 3.63) is 70.7 Å². The number of hydrogen-bond donors (Lipinski definition) is 1. The van der Waals surface area contributed by atoms with Gasteiger partial charge in [0.1, 0.15) is 0 Å². The van der Waals surface area contributed by atoms with Crippen LogP contribution < -0.4 is 9.62 Å². The summed E-state index contributed by atoms with van der Waals surface area (Å²) in [6.45, 7) is 2.36. The monoisotopic (exact) mass is 502 g/mol. The summed E-state index contributed by atoms with van der Waals surface area (Å²) in [6.07, 6.45) is 3.32. The van der Waals surface area contributed by atoms with Gasteiger partial charge in [0, 0.05) is 35.4 Å². The van der Waals surface area contributed by atoms with Crippen LogP contribution in [0.15, 0.2) is 65.0 Å². The zero-order valence-electron chi connectivity index (χ0n) is 17.7. The molecule has 1 aromatic heterocycles. The zero-order valence-corrected chi connectivity index (χ0v) is 20.1. The molecule has 3 aromatic rings. The minimum Gasteiger partial charge on any atom is -0.311 e. The Kier molecular flexibility index (Phi) is 6.13. The normalized spacial score (nSPS) is 21.6. The van der Waals surface area contributed by atoms with Crippen molar-refractivity contribution in [2.45, 2.75) is 29.7 Å². The first-order valence-electron chi connectivity index (χ1n) is 10.7. The van der Waals surface area contributed by atoms with Gasteiger partial charge in [0.15, 0.2) is 5.13 Å². The molecule has 2 aromatic carbocycles. The fourth-order valence-corrected chi connectivity index (χ4v) is 6.51. The van der Waals surface area contributed by atoms with E-state index in [4.69, 9.17) is 11.6 Å². The maximum atomic E-state index is 13.2. The Morgan fingerprint density at radius 3 is 2.48 bits per heavy atom. The van der Waals surface area contributed by atoms with Crippen LogP contribution in [0.4, 0.5) is 10.8 Å². The van der Waals surface area contributed by atoms with Crippen molar-refractivity contribution in [2.75, 3.05) is 29.3 Å². The number of nitrogens with zero attached hydrogens (tertiary/aromatic N) is 3. The Balaban J connectivity index is 1.24. The molecule has 172 valence electrons. The number of carbonyl (C=O) groups excluding carboxylic acids is 1. The number of rotatable bonds is 6. The summed E-state index contributed by atoms with van der Waals surface area (Å²) in [7, 11) is -3.72. The lowest BCUT2D eigenvalue weighted by atomic mass is 9.99. The number of likely N-dealkylation sites (tertiary alicyclic amines) is 1. The maximum absolute atomic E-state index is 13.2. The van der Waals surface area contributed by atoms with E-state index in [1.54, 1.807) is 28.6 Å². The van der Waals surface area contributed by atoms with Crippen molar-refractivity contribution >= 4 is 49.7 Å². The van der Waals surface area contributed by atoms with E-state index < -0.39 is 10.0 Å². The lowest BCUT2D eigenvalue weighted by Gasteiger charge is -2.23. The highest BCUT2D eigenvalue weighted by atomic mass is 35.5. The number of thiazole rings is 1. The van der Waals surface area contributed by atoms with Gasteiger partial charge < -0.3 is 4.90 Å². The summed E-state index contributed by atoms with van der Waals surface area (Å²) in [6, 6.07) is 14.3. The summed E-state index contributed by atoms with van der Waals surface area (Å²) in [5, 5.41) is 2.75. The van der Waals surface area contributed by atoms with Crippen LogP contribution in [0.1, 0.15) is 24.3 Å². The van der Waals surface area contributed by atoms with Crippen molar-refractivity contribution < 1.29 is 13.2 Å². The lowest BCUT2D eigenvalue weighted by molar-refractivity contribution is -0.121. The quantitative estimate of drug-likeness (QED) is 0.546. The highest BCUT2D eigenvalue weighted by Crippen LogP contribution is 2.33. The van der Waals surface area contributed by atoms with Crippen molar-refractivity contribution in [3.8, 4) is 0 Å². The van der Waals surface area contributed by atoms with E-state index >= 15 is 0 Å². The number of nitrogens with one attached hydrogen (secondary N) is 1. The Morgan fingerprint density at radius 2 is 1.79 bits per heavy atom. The van der Waals surface area contributed by atoms with Gasteiger partial charge in [0.25, 0.3) is 10.0 Å². The average Bonchev–Trinajstić information content (AvgIpc) is 3.56. The van der Waals surface area contributed by atoms with Crippen molar-refractivity contribution in [1.29, 1.82) is 0 Å². The molecule has 0 aliphatic carbocycles. The predicted octanol–water partition coefficient (Wildman–Crippen LogP) is 4.19. The number of carbonyl (C=O) groups is 1. The average molecular weight is 503 g/mol. The smallest absolute Gasteiger partial charge is 0.263 e. The molecule has 10 heteroatoms. The fraction of sp³-hybridized carbons (Fsp3) is 0.304. The molecule has 0 bridgehead atoms. The highest BCUT2D eigenvalue weighted by Gasteiger charge is 2.39. The maximum Gasteiger partial charge on any atom is 0.263 e. The molecule has 2 atom stereocenters. The van der Waals surface area contributed by atoms with Gasteiger partial charge in [0.05, 0.1) is 10.9 Å². The highest BCUT2D eigenvalue weighted by molar-refractivity contribution is 7.93. The molecular formula is C23H23ClN4O3S2. The van der Waals surface area contributed by atoms with Crippen LogP contribution in [0.2, 0.25) is 5.02 Å². The number of hydrogen-bond acceptors (Lipinski definition) is 6. The molecule has 3 heterocycles. The summed E-state index contributed by atoms with van der Waals surface area (Å²) in [5.74, 6) is 0.474. The van der Waals surface area contributed by atoms with Gasteiger partial charge in [-0.25, -0.2) is 13.4 Å². The number of aromatic nitrogens is 1. The Hall–Kier alpha value is -2.46. The summed E-state index contributed by atoms with van der Waals surface area (Å²) in [4.78, 5) is 21.3. The van der Waals surface area contributed by atoms with Gasteiger partial charge in [-0.15, -0.1) is 11.3 Å². The topological polar surface area (TPSA) is 82.6 Å². The minimum absolute atomic E-state index is 0.0725. The van der Waals surface area contributed by atoms with E-state index in [2.05, 4.69) is 26.7 Å². The molecule has 0 radical (unpaired) electrons. The van der Waals surface area contributed by atoms with Crippen LogP contribution in [0, 0.1) is 0 Å². The van der Waals surface area contributed by atoms with Gasteiger partial charge in [-0.1, -0.05) is 23.7 Å². The molecule has 2 unspecified atom stereocenters. The molecule has 1 amide bonds. The largest absolute Gasteiger partial charge is 0.311 e. The summed E-state index contributed by atoms with van der Waals surface area (Å²) < 4.78 is 27.6. The van der Waals surface area contributed by atoms with Crippen molar-refractivity contribution in [1.82, 2.24) is 9.88 Å². The number of sulfonamides is 1. The second kappa shape index (κ2) is 9.06. The third-order valence-corrected chi connectivity index (χ3v) is 8.72. The summed E-state index contributed by atoms with van der Waals surface area (Å²) >= 11 is 7.23. The lowest BCUT2D eigenvalue weighted by Crippen LogP contribution is -2.40. The van der Waals surface area contributed by atoms with Crippen LogP contribution in [0.5, 0.6) is 0 Å². The van der Waals surface area contributed by atoms with Gasteiger partial charge in [-0.3, -0.25) is 14.4 Å². The van der Waals surface area contributed by atoms with Crippen LogP contribution in [0.3, 0.4) is 0 Å². The van der Waals surface area contributed by atoms with Gasteiger partial charge >= 0.3 is 0 Å². The number of amides is 1. The molecule has 33 heavy (non-hydrogen) atoms. The van der Waals surface area contributed by atoms with E-state index in [1.807, 2.05) is 12.1 Å².